The minimum absolute atomic E-state index is 0.0194. The molecule has 0 radical (unpaired) electrons. The molecule has 0 spiro atoms. The zero-order valence-corrected chi connectivity index (χ0v) is 26.0. The third kappa shape index (κ3) is 6.71. The van der Waals surface area contributed by atoms with Crippen LogP contribution in [0.1, 0.15) is 60.6 Å². The molecule has 2 aliphatic rings. The van der Waals surface area contributed by atoms with Gasteiger partial charge in [-0.2, -0.15) is 0 Å². The Bertz CT molecular complexity index is 1640. The minimum Gasteiger partial charge on any atom is -0.508 e. The fourth-order valence-corrected chi connectivity index (χ4v) is 7.19. The van der Waals surface area contributed by atoms with Gasteiger partial charge in [0.2, 0.25) is 0 Å². The van der Waals surface area contributed by atoms with Crippen LogP contribution in [0.15, 0.2) is 97.1 Å². The van der Waals surface area contributed by atoms with Gasteiger partial charge in [-0.1, -0.05) is 78.9 Å². The van der Waals surface area contributed by atoms with Gasteiger partial charge in [0.15, 0.2) is 0 Å². The van der Waals surface area contributed by atoms with E-state index in [2.05, 4.69) is 4.90 Å². The molecule has 4 aromatic rings. The SMILES string of the molecule is OCC1OC(c2ccc(-c3ccc(C4C(CCC(O)c5ccc(F)cc5)CC(=S)N4c4ccccc4)c(O)c3)cc2)CC(O)[C@@H]1O. The average Bonchev–Trinajstić information content (AvgIpc) is 3.40. The van der Waals surface area contributed by atoms with Crippen molar-refractivity contribution in [2.24, 2.45) is 5.92 Å². The quantitative estimate of drug-likeness (QED) is 0.138. The van der Waals surface area contributed by atoms with Gasteiger partial charge in [-0.3, -0.25) is 0 Å². The predicted molar refractivity (Wildman–Crippen MR) is 178 cm³/mol. The maximum atomic E-state index is 13.4. The summed E-state index contributed by atoms with van der Waals surface area (Å²) in [5.74, 6) is -0.189. The molecule has 6 rings (SSSR count). The fraction of sp³-hybridized carbons (Fsp3) is 0.324. The molecule has 0 amide bonds. The summed E-state index contributed by atoms with van der Waals surface area (Å²) in [6, 6.07) is 28.8. The largest absolute Gasteiger partial charge is 0.508 e. The first kappa shape index (κ1) is 32.2. The molecule has 2 saturated heterocycles. The van der Waals surface area contributed by atoms with Crippen LogP contribution in [0.3, 0.4) is 0 Å². The molecule has 0 aromatic heterocycles. The molecular weight excluding hydrogens is 605 g/mol. The normalized spacial score (nSPS) is 25.5. The average molecular weight is 644 g/mol. The van der Waals surface area contributed by atoms with Gasteiger partial charge in [-0.25, -0.2) is 4.39 Å². The van der Waals surface area contributed by atoms with Crippen molar-refractivity contribution < 1.29 is 34.7 Å². The number of rotatable bonds is 9. The van der Waals surface area contributed by atoms with Gasteiger partial charge in [0, 0.05) is 24.1 Å². The monoisotopic (exact) mass is 643 g/mol. The molecule has 7 nitrogen and oxygen atoms in total. The molecule has 2 heterocycles. The van der Waals surface area contributed by atoms with E-state index in [1.165, 1.54) is 12.1 Å². The summed E-state index contributed by atoms with van der Waals surface area (Å²) in [5, 5.41) is 52.2. The van der Waals surface area contributed by atoms with Crippen molar-refractivity contribution in [3.63, 3.8) is 0 Å². The number of ether oxygens (including phenoxy) is 1. The van der Waals surface area contributed by atoms with E-state index in [1.54, 1.807) is 18.2 Å². The molecule has 7 atom stereocenters. The summed E-state index contributed by atoms with van der Waals surface area (Å²) in [5.41, 5.74) is 4.84. The first-order valence-electron chi connectivity index (χ1n) is 15.6. The molecule has 6 unspecified atom stereocenters. The Labute approximate surface area is 273 Å². The van der Waals surface area contributed by atoms with Gasteiger partial charge < -0.3 is 35.2 Å². The number of aromatic hydroxyl groups is 1. The number of thiocarbonyl (C=S) groups is 1. The Morgan fingerprint density at radius 2 is 1.61 bits per heavy atom. The second-order valence-corrected chi connectivity index (χ2v) is 12.7. The second-order valence-electron chi connectivity index (χ2n) is 12.2. The van der Waals surface area contributed by atoms with E-state index in [0.717, 1.165) is 32.9 Å². The summed E-state index contributed by atoms with van der Waals surface area (Å²) in [6.07, 6.45) is -2.25. The zero-order chi connectivity index (χ0) is 32.4. The lowest BCUT2D eigenvalue weighted by Gasteiger charge is -2.36. The van der Waals surface area contributed by atoms with E-state index in [1.807, 2.05) is 66.7 Å². The van der Waals surface area contributed by atoms with Crippen molar-refractivity contribution in [1.29, 1.82) is 0 Å². The van der Waals surface area contributed by atoms with Crippen molar-refractivity contribution >= 4 is 22.9 Å². The number of hydrogen-bond donors (Lipinski definition) is 5. The Balaban J connectivity index is 1.24. The van der Waals surface area contributed by atoms with Crippen LogP contribution in [-0.4, -0.2) is 55.4 Å². The third-order valence-electron chi connectivity index (χ3n) is 9.24. The number of phenols is 1. The van der Waals surface area contributed by atoms with Crippen LogP contribution in [0.2, 0.25) is 0 Å². The maximum absolute atomic E-state index is 13.4. The Hall–Kier alpha value is -3.70. The van der Waals surface area contributed by atoms with E-state index in [0.29, 0.717) is 24.8 Å². The molecule has 4 aromatic carbocycles. The number of benzene rings is 4. The van der Waals surface area contributed by atoms with Crippen molar-refractivity contribution in [1.82, 2.24) is 0 Å². The zero-order valence-electron chi connectivity index (χ0n) is 25.2. The number of aliphatic hydroxyl groups is 4. The van der Waals surface area contributed by atoms with Crippen LogP contribution in [0.5, 0.6) is 5.75 Å². The third-order valence-corrected chi connectivity index (χ3v) is 9.61. The summed E-state index contributed by atoms with van der Waals surface area (Å²) in [6.45, 7) is -0.387. The Kier molecular flexibility index (Phi) is 9.79. The number of hydrogen-bond acceptors (Lipinski definition) is 7. The number of anilines is 1. The lowest BCUT2D eigenvalue weighted by atomic mass is 9.86. The highest BCUT2D eigenvalue weighted by molar-refractivity contribution is 7.80. The van der Waals surface area contributed by atoms with Crippen molar-refractivity contribution in [3.05, 3.63) is 120 Å². The summed E-state index contributed by atoms with van der Waals surface area (Å²) >= 11 is 5.89. The standard InChI is InChI=1S/C37H38FNO6S/c38-27-14-10-23(11-15-27)30(41)17-13-26-19-35(46)39(28-4-2-1-3-5-28)36(26)29-16-12-25(18-31(29)42)22-6-8-24(9-7-22)33-20-32(43)37(44)34(21-40)45-33/h1-12,14-16,18,26,30,32-34,36-37,40-44H,13,17,19-21H2/t26?,30?,32?,33?,34?,36?,37-/m0/s1. The highest BCUT2D eigenvalue weighted by Gasteiger charge is 2.41. The van der Waals surface area contributed by atoms with Gasteiger partial charge in [0.1, 0.15) is 23.8 Å². The van der Waals surface area contributed by atoms with Crippen LogP contribution in [0, 0.1) is 11.7 Å². The fourth-order valence-electron chi connectivity index (χ4n) is 6.75. The van der Waals surface area contributed by atoms with E-state index in [9.17, 15) is 29.9 Å². The first-order valence-corrected chi connectivity index (χ1v) is 16.0. The summed E-state index contributed by atoms with van der Waals surface area (Å²) in [4.78, 5) is 2.87. The highest BCUT2D eigenvalue weighted by Crippen LogP contribution is 2.47. The van der Waals surface area contributed by atoms with Gasteiger partial charge in [0.05, 0.1) is 35.9 Å². The molecule has 5 N–H and O–H groups in total. The highest BCUT2D eigenvalue weighted by atomic mass is 32.1. The van der Waals surface area contributed by atoms with Gasteiger partial charge in [-0.05, 0) is 71.3 Å². The lowest BCUT2D eigenvalue weighted by molar-refractivity contribution is -0.181. The molecule has 9 heteroatoms. The van der Waals surface area contributed by atoms with Gasteiger partial charge in [0.25, 0.3) is 0 Å². The Morgan fingerprint density at radius 1 is 0.913 bits per heavy atom. The number of halogens is 1. The first-order chi connectivity index (χ1) is 22.2. The van der Waals surface area contributed by atoms with Crippen LogP contribution >= 0.6 is 12.2 Å². The number of aliphatic hydroxyl groups excluding tert-OH is 4. The van der Waals surface area contributed by atoms with E-state index in [-0.39, 0.29) is 36.6 Å². The number of para-hydroxylation sites is 1. The molecule has 0 bridgehead atoms. The maximum Gasteiger partial charge on any atom is 0.123 e. The van der Waals surface area contributed by atoms with Crippen molar-refractivity contribution in [2.45, 2.75) is 62.2 Å². The molecule has 2 fully saturated rings. The molecule has 2 aliphatic heterocycles. The van der Waals surface area contributed by atoms with Crippen molar-refractivity contribution in [3.8, 4) is 16.9 Å². The van der Waals surface area contributed by atoms with Gasteiger partial charge in [-0.15, -0.1) is 0 Å². The number of phenolic OH excluding ortho intramolecular Hbond substituents is 1. The van der Waals surface area contributed by atoms with Crippen LogP contribution in [0.25, 0.3) is 11.1 Å². The Morgan fingerprint density at radius 3 is 2.28 bits per heavy atom. The molecule has 46 heavy (non-hydrogen) atoms. The lowest BCUT2D eigenvalue weighted by Crippen LogP contribution is -2.47. The smallest absolute Gasteiger partial charge is 0.123 e. The van der Waals surface area contributed by atoms with E-state index >= 15 is 0 Å². The predicted octanol–water partition coefficient (Wildman–Crippen LogP) is 6.15. The van der Waals surface area contributed by atoms with E-state index in [4.69, 9.17) is 17.0 Å². The van der Waals surface area contributed by atoms with E-state index < -0.39 is 30.5 Å². The van der Waals surface area contributed by atoms with Gasteiger partial charge >= 0.3 is 0 Å². The molecule has 0 aliphatic carbocycles. The van der Waals surface area contributed by atoms with Crippen LogP contribution < -0.4 is 4.90 Å². The van der Waals surface area contributed by atoms with Crippen LogP contribution in [-0.2, 0) is 4.74 Å². The topological polar surface area (TPSA) is 114 Å². The molecular formula is C37H38FNO6S. The summed E-state index contributed by atoms with van der Waals surface area (Å²) in [7, 11) is 0. The molecule has 0 saturated carbocycles. The second kappa shape index (κ2) is 14.0. The molecule has 240 valence electrons. The minimum atomic E-state index is -1.13. The summed E-state index contributed by atoms with van der Waals surface area (Å²) < 4.78 is 19.3. The van der Waals surface area contributed by atoms with Crippen molar-refractivity contribution in [2.75, 3.05) is 11.5 Å². The number of nitrogens with zero attached hydrogens (tertiary/aromatic N) is 1. The van der Waals surface area contributed by atoms with Crippen LogP contribution in [0.4, 0.5) is 10.1 Å².